The number of hydrogen-bond acceptors (Lipinski definition) is 2. The van der Waals surface area contributed by atoms with Crippen LogP contribution in [0.15, 0.2) is 18.2 Å². The fourth-order valence-electron chi connectivity index (χ4n) is 1.57. The monoisotopic (exact) mass is 227 g/mol. The molecule has 0 spiro atoms. The third-order valence-electron chi connectivity index (χ3n) is 2.63. The molecular formula is C12H18ClNO. The highest BCUT2D eigenvalue weighted by atomic mass is 35.5. The Labute approximate surface area is 96.5 Å². The smallest absolute Gasteiger partial charge is 0.118 e. The third-order valence-corrected chi connectivity index (χ3v) is 2.87. The Morgan fingerprint density at radius 3 is 2.53 bits per heavy atom. The zero-order chi connectivity index (χ0) is 11.3. The molecule has 0 fully saturated rings. The Morgan fingerprint density at radius 2 is 1.93 bits per heavy atom. The molecule has 15 heavy (non-hydrogen) atoms. The van der Waals surface area contributed by atoms with Gasteiger partial charge in [0.1, 0.15) is 5.75 Å². The maximum absolute atomic E-state index is 9.62. The lowest BCUT2D eigenvalue weighted by atomic mass is 10.1. The molecule has 0 bridgehead atoms. The molecule has 0 aliphatic carbocycles. The van der Waals surface area contributed by atoms with Gasteiger partial charge in [-0.1, -0.05) is 25.4 Å². The first-order valence-corrected chi connectivity index (χ1v) is 5.75. The summed E-state index contributed by atoms with van der Waals surface area (Å²) in [4.78, 5) is 2.32. The van der Waals surface area contributed by atoms with Crippen molar-refractivity contribution in [3.05, 3.63) is 28.8 Å². The van der Waals surface area contributed by atoms with Crippen LogP contribution in [0.4, 0.5) is 0 Å². The van der Waals surface area contributed by atoms with Crippen LogP contribution in [0.5, 0.6) is 5.75 Å². The highest BCUT2D eigenvalue weighted by molar-refractivity contribution is 6.30. The van der Waals surface area contributed by atoms with Crippen molar-refractivity contribution >= 4 is 11.6 Å². The molecule has 1 aromatic rings. The first-order chi connectivity index (χ1) is 7.17. The molecule has 2 nitrogen and oxygen atoms in total. The van der Waals surface area contributed by atoms with Gasteiger partial charge >= 0.3 is 0 Å². The van der Waals surface area contributed by atoms with E-state index in [0.717, 1.165) is 31.6 Å². The first-order valence-electron chi connectivity index (χ1n) is 5.37. The van der Waals surface area contributed by atoms with Gasteiger partial charge < -0.3 is 10.0 Å². The van der Waals surface area contributed by atoms with Gasteiger partial charge in [-0.2, -0.15) is 0 Å². The number of likely N-dealkylation sites (N-methyl/N-ethyl adjacent to an activating group) is 1. The van der Waals surface area contributed by atoms with Gasteiger partial charge in [-0.3, -0.25) is 0 Å². The molecule has 0 heterocycles. The maximum atomic E-state index is 9.62. The molecule has 0 amide bonds. The minimum Gasteiger partial charge on any atom is -0.508 e. The van der Waals surface area contributed by atoms with Crippen molar-refractivity contribution in [2.45, 2.75) is 20.3 Å². The third kappa shape index (κ3) is 3.73. The minimum atomic E-state index is 0.339. The largest absolute Gasteiger partial charge is 0.508 e. The molecule has 84 valence electrons. The molecular weight excluding hydrogens is 210 g/mol. The van der Waals surface area contributed by atoms with E-state index in [2.05, 4.69) is 18.7 Å². The Balaban J connectivity index is 2.60. The quantitative estimate of drug-likeness (QED) is 0.836. The van der Waals surface area contributed by atoms with Crippen LogP contribution in [-0.2, 0) is 6.42 Å². The van der Waals surface area contributed by atoms with Gasteiger partial charge in [-0.15, -0.1) is 0 Å². The molecule has 0 radical (unpaired) electrons. The molecule has 0 atom stereocenters. The first kappa shape index (κ1) is 12.3. The van der Waals surface area contributed by atoms with Gasteiger partial charge in [0.05, 0.1) is 0 Å². The van der Waals surface area contributed by atoms with E-state index in [1.54, 1.807) is 12.1 Å². The van der Waals surface area contributed by atoms with E-state index in [1.165, 1.54) is 0 Å². The summed E-state index contributed by atoms with van der Waals surface area (Å²) in [6.07, 6.45) is 0.841. The number of benzene rings is 1. The van der Waals surface area contributed by atoms with Gasteiger partial charge in [0.25, 0.3) is 0 Å². The summed E-state index contributed by atoms with van der Waals surface area (Å²) >= 11 is 5.88. The van der Waals surface area contributed by atoms with Crippen molar-refractivity contribution in [2.75, 3.05) is 19.6 Å². The summed E-state index contributed by atoms with van der Waals surface area (Å²) in [6.45, 7) is 7.32. The van der Waals surface area contributed by atoms with Crippen molar-refractivity contribution in [2.24, 2.45) is 0 Å². The van der Waals surface area contributed by atoms with E-state index < -0.39 is 0 Å². The van der Waals surface area contributed by atoms with E-state index in [-0.39, 0.29) is 0 Å². The Bertz CT molecular complexity index is 310. The van der Waals surface area contributed by atoms with Crippen molar-refractivity contribution in [1.29, 1.82) is 0 Å². The SMILES string of the molecule is CCN(CC)CCc1cc(Cl)ccc1O. The molecule has 0 aliphatic rings. The van der Waals surface area contributed by atoms with Crippen molar-refractivity contribution < 1.29 is 5.11 Å². The lowest BCUT2D eigenvalue weighted by Gasteiger charge is -2.18. The maximum Gasteiger partial charge on any atom is 0.118 e. The topological polar surface area (TPSA) is 23.5 Å². The summed E-state index contributed by atoms with van der Waals surface area (Å²) in [5.74, 6) is 0.339. The van der Waals surface area contributed by atoms with Crippen LogP contribution in [0.3, 0.4) is 0 Å². The molecule has 0 saturated carbocycles. The summed E-state index contributed by atoms with van der Waals surface area (Å²) in [6, 6.07) is 5.19. The highest BCUT2D eigenvalue weighted by Crippen LogP contribution is 2.21. The lowest BCUT2D eigenvalue weighted by Crippen LogP contribution is -2.25. The Morgan fingerprint density at radius 1 is 1.27 bits per heavy atom. The van der Waals surface area contributed by atoms with Crippen LogP contribution in [0, 0.1) is 0 Å². The van der Waals surface area contributed by atoms with Crippen LogP contribution in [0.2, 0.25) is 5.02 Å². The fourth-order valence-corrected chi connectivity index (χ4v) is 1.77. The van der Waals surface area contributed by atoms with Crippen LogP contribution in [0.25, 0.3) is 0 Å². The van der Waals surface area contributed by atoms with Crippen LogP contribution < -0.4 is 0 Å². The van der Waals surface area contributed by atoms with E-state index in [0.29, 0.717) is 10.8 Å². The second-order valence-corrected chi connectivity index (χ2v) is 3.99. The molecule has 3 heteroatoms. The number of rotatable bonds is 5. The number of phenolic OH excluding ortho intramolecular Hbond substituents is 1. The van der Waals surface area contributed by atoms with Crippen LogP contribution in [0.1, 0.15) is 19.4 Å². The summed E-state index contributed by atoms with van der Waals surface area (Å²) in [5.41, 5.74) is 0.925. The molecule has 0 unspecified atom stereocenters. The van der Waals surface area contributed by atoms with Crippen molar-refractivity contribution in [3.63, 3.8) is 0 Å². The highest BCUT2D eigenvalue weighted by Gasteiger charge is 2.04. The average Bonchev–Trinajstić information content (AvgIpc) is 2.24. The van der Waals surface area contributed by atoms with E-state index >= 15 is 0 Å². The van der Waals surface area contributed by atoms with Crippen molar-refractivity contribution in [3.8, 4) is 5.75 Å². The van der Waals surface area contributed by atoms with Gasteiger partial charge in [0.2, 0.25) is 0 Å². The minimum absolute atomic E-state index is 0.339. The Kier molecular flexibility index (Phi) is 4.92. The van der Waals surface area contributed by atoms with E-state index in [1.807, 2.05) is 6.07 Å². The Hall–Kier alpha value is -0.730. The second-order valence-electron chi connectivity index (χ2n) is 3.55. The molecule has 0 aromatic heterocycles. The van der Waals surface area contributed by atoms with Gasteiger partial charge in [-0.05, 0) is 43.3 Å². The molecule has 0 saturated heterocycles. The summed E-state index contributed by atoms with van der Waals surface area (Å²) < 4.78 is 0. The predicted molar refractivity (Wildman–Crippen MR) is 64.6 cm³/mol. The predicted octanol–water partition coefficient (Wildman–Crippen LogP) is 2.93. The van der Waals surface area contributed by atoms with Gasteiger partial charge in [-0.25, -0.2) is 0 Å². The zero-order valence-electron chi connectivity index (χ0n) is 9.33. The van der Waals surface area contributed by atoms with Crippen LogP contribution >= 0.6 is 11.6 Å². The average molecular weight is 228 g/mol. The molecule has 1 N–H and O–H groups in total. The zero-order valence-corrected chi connectivity index (χ0v) is 10.1. The summed E-state index contributed by atoms with van der Waals surface area (Å²) in [5, 5.41) is 10.3. The van der Waals surface area contributed by atoms with Gasteiger partial charge in [0.15, 0.2) is 0 Å². The van der Waals surface area contributed by atoms with Gasteiger partial charge in [0, 0.05) is 11.6 Å². The number of nitrogens with zero attached hydrogens (tertiary/aromatic N) is 1. The van der Waals surface area contributed by atoms with E-state index in [4.69, 9.17) is 11.6 Å². The summed E-state index contributed by atoms with van der Waals surface area (Å²) in [7, 11) is 0. The van der Waals surface area contributed by atoms with E-state index in [9.17, 15) is 5.11 Å². The number of aromatic hydroxyl groups is 1. The lowest BCUT2D eigenvalue weighted by molar-refractivity contribution is 0.306. The molecule has 1 aromatic carbocycles. The molecule has 1 rings (SSSR count). The number of hydrogen-bond donors (Lipinski definition) is 1. The fraction of sp³-hybridized carbons (Fsp3) is 0.500. The number of phenols is 1. The molecule has 0 aliphatic heterocycles. The standard InChI is InChI=1S/C12H18ClNO/c1-3-14(4-2)8-7-10-9-11(13)5-6-12(10)15/h5-6,9,15H,3-4,7-8H2,1-2H3. The van der Waals surface area contributed by atoms with Crippen LogP contribution in [-0.4, -0.2) is 29.6 Å². The normalized spacial score (nSPS) is 10.9. The number of halogens is 1. The van der Waals surface area contributed by atoms with Crippen molar-refractivity contribution in [1.82, 2.24) is 4.90 Å². The second kappa shape index (κ2) is 5.99.